The van der Waals surface area contributed by atoms with Crippen molar-refractivity contribution in [1.29, 1.82) is 5.39 Å². The summed E-state index contributed by atoms with van der Waals surface area (Å²) in [5.41, 5.74) is 4.43. The molecule has 0 aliphatic carbocycles. The Balaban J connectivity index is 1.55. The molecule has 0 amide bonds. The molecule has 1 aliphatic rings. The summed E-state index contributed by atoms with van der Waals surface area (Å²) in [6.07, 6.45) is 2.75. The van der Waals surface area contributed by atoms with Crippen molar-refractivity contribution >= 4 is 10.9 Å². The Kier molecular flexibility index (Phi) is 6.03. The van der Waals surface area contributed by atoms with Crippen LogP contribution in [0.3, 0.4) is 0 Å². The van der Waals surface area contributed by atoms with E-state index in [1.54, 1.807) is 4.90 Å². The van der Waals surface area contributed by atoms with Crippen LogP contribution in [-0.2, 0) is 6.54 Å². The van der Waals surface area contributed by atoms with E-state index in [4.69, 9.17) is 0 Å². The molecule has 2 atom stereocenters. The number of rotatable bonds is 6. The fraction of sp³-hybridized carbons (Fsp3) is 0.214. The minimum Gasteiger partial charge on any atom is -0.489 e. The van der Waals surface area contributed by atoms with Gasteiger partial charge in [0, 0.05) is 30.2 Å². The SMILES string of the molecule is N#[N+]C1=C(O)N([C@@H](CO)c2ccccc2)CC[C@H]1c1cn(Cc2ccccc2)c2ccccc12. The van der Waals surface area contributed by atoms with E-state index < -0.39 is 6.04 Å². The van der Waals surface area contributed by atoms with E-state index in [1.807, 2.05) is 60.7 Å². The average molecular weight is 452 g/mol. The molecule has 0 bridgehead atoms. The van der Waals surface area contributed by atoms with Crippen LogP contribution in [0.5, 0.6) is 0 Å². The van der Waals surface area contributed by atoms with Crippen LogP contribution in [0.1, 0.15) is 35.1 Å². The van der Waals surface area contributed by atoms with Crippen molar-refractivity contribution in [2.75, 3.05) is 13.2 Å². The smallest absolute Gasteiger partial charge is 0.427 e. The second kappa shape index (κ2) is 9.42. The summed E-state index contributed by atoms with van der Waals surface area (Å²) in [5, 5.41) is 32.3. The number of nitrogens with zero attached hydrogens (tertiary/aromatic N) is 4. The first kappa shape index (κ1) is 21.7. The van der Waals surface area contributed by atoms with E-state index in [-0.39, 0.29) is 24.1 Å². The Bertz CT molecular complexity index is 1360. The number of aliphatic hydroxyl groups excluding tert-OH is 2. The van der Waals surface area contributed by atoms with E-state index in [2.05, 4.69) is 40.0 Å². The normalized spacial score (nSPS) is 17.1. The molecule has 2 N–H and O–H groups in total. The molecule has 5 rings (SSSR count). The highest BCUT2D eigenvalue weighted by molar-refractivity contribution is 5.85. The molecule has 6 heteroatoms. The first-order chi connectivity index (χ1) is 16.7. The maximum Gasteiger partial charge on any atom is 0.427 e. The molecule has 170 valence electrons. The molecule has 1 aliphatic heterocycles. The van der Waals surface area contributed by atoms with Gasteiger partial charge in [0.25, 0.3) is 5.88 Å². The Morgan fingerprint density at radius 1 is 0.941 bits per heavy atom. The number of hydrogen-bond acceptors (Lipinski definition) is 4. The summed E-state index contributed by atoms with van der Waals surface area (Å²) < 4.78 is 2.21. The highest BCUT2D eigenvalue weighted by atomic mass is 16.3. The lowest BCUT2D eigenvalue weighted by Gasteiger charge is -2.34. The third-order valence-electron chi connectivity index (χ3n) is 6.72. The molecule has 34 heavy (non-hydrogen) atoms. The lowest BCUT2D eigenvalue weighted by Crippen LogP contribution is -2.36. The van der Waals surface area contributed by atoms with Crippen molar-refractivity contribution in [2.24, 2.45) is 0 Å². The number of hydrogen-bond donors (Lipinski definition) is 2. The summed E-state index contributed by atoms with van der Waals surface area (Å²) >= 11 is 0. The minimum absolute atomic E-state index is 0.0958. The number of benzene rings is 3. The van der Waals surface area contributed by atoms with Crippen LogP contribution in [0.4, 0.5) is 0 Å². The second-order valence-electron chi connectivity index (χ2n) is 8.67. The zero-order valence-electron chi connectivity index (χ0n) is 18.8. The monoisotopic (exact) mass is 451 g/mol. The van der Waals surface area contributed by atoms with Gasteiger partial charge in [0.2, 0.25) is 5.39 Å². The first-order valence-corrected chi connectivity index (χ1v) is 11.5. The molecule has 0 spiro atoms. The molecule has 0 radical (unpaired) electrons. The van der Waals surface area contributed by atoms with Gasteiger partial charge in [-0.3, -0.25) is 0 Å². The van der Waals surface area contributed by atoms with Crippen LogP contribution in [-0.4, -0.2) is 32.8 Å². The Labute approximate surface area is 198 Å². The summed E-state index contributed by atoms with van der Waals surface area (Å²) in [5.74, 6) is -0.361. The van der Waals surface area contributed by atoms with Crippen LogP contribution in [0.15, 0.2) is 103 Å². The predicted octanol–water partition coefficient (Wildman–Crippen LogP) is 5.79. The van der Waals surface area contributed by atoms with Gasteiger partial charge in [0.1, 0.15) is 5.92 Å². The Morgan fingerprint density at radius 2 is 1.62 bits per heavy atom. The lowest BCUT2D eigenvalue weighted by atomic mass is 9.89. The van der Waals surface area contributed by atoms with Crippen molar-refractivity contribution in [1.82, 2.24) is 9.47 Å². The number of aromatic nitrogens is 1. The quantitative estimate of drug-likeness (QED) is 0.364. The van der Waals surface area contributed by atoms with Gasteiger partial charge in [-0.1, -0.05) is 78.9 Å². The number of aliphatic hydroxyl groups is 2. The first-order valence-electron chi connectivity index (χ1n) is 11.5. The minimum atomic E-state index is -0.418. The van der Waals surface area contributed by atoms with E-state index in [9.17, 15) is 15.6 Å². The van der Waals surface area contributed by atoms with Crippen molar-refractivity contribution in [2.45, 2.75) is 24.9 Å². The van der Waals surface area contributed by atoms with Crippen LogP contribution in [0.2, 0.25) is 0 Å². The van der Waals surface area contributed by atoms with Crippen LogP contribution < -0.4 is 0 Å². The fourth-order valence-corrected chi connectivity index (χ4v) is 5.06. The maximum absolute atomic E-state index is 11.2. The van der Waals surface area contributed by atoms with Crippen molar-refractivity contribution in [3.63, 3.8) is 0 Å². The van der Waals surface area contributed by atoms with E-state index in [0.29, 0.717) is 13.0 Å². The largest absolute Gasteiger partial charge is 0.489 e. The molecule has 0 saturated heterocycles. The van der Waals surface area contributed by atoms with Crippen LogP contribution >= 0.6 is 0 Å². The van der Waals surface area contributed by atoms with Gasteiger partial charge in [-0.15, -0.1) is 0 Å². The molecular formula is C28H27N4O2+. The number of diazo groups is 1. The predicted molar refractivity (Wildman–Crippen MR) is 133 cm³/mol. The zero-order valence-corrected chi connectivity index (χ0v) is 18.8. The Morgan fingerprint density at radius 3 is 2.32 bits per heavy atom. The zero-order chi connectivity index (χ0) is 23.5. The second-order valence-corrected chi connectivity index (χ2v) is 8.67. The van der Waals surface area contributed by atoms with Crippen LogP contribution in [0, 0.1) is 5.39 Å². The maximum atomic E-state index is 11.2. The van der Waals surface area contributed by atoms with Gasteiger partial charge in [-0.2, -0.15) is 0 Å². The topological polar surface area (TPSA) is 76.8 Å². The van der Waals surface area contributed by atoms with Crippen molar-refractivity contribution in [3.05, 3.63) is 124 Å². The molecule has 1 aromatic heterocycles. The lowest BCUT2D eigenvalue weighted by molar-refractivity contribution is 0.0873. The molecule has 4 aromatic rings. The standard InChI is InChI=1S/C28H26N4O2/c29-30-27-23(15-16-32(28(27)34)26(19-33)21-11-5-2-6-12-21)24-18-31(17-20-9-3-1-4-10-20)25-14-8-7-13-22(24)25/h1-14,18,23,26,33H,15-17,19H2/p+1/t23-,26-/m0/s1. The van der Waals surface area contributed by atoms with E-state index in [0.717, 1.165) is 28.6 Å². The summed E-state index contributed by atoms with van der Waals surface area (Å²) in [6, 6.07) is 27.6. The van der Waals surface area contributed by atoms with Gasteiger partial charge >= 0.3 is 5.70 Å². The molecule has 0 fully saturated rings. The van der Waals surface area contributed by atoms with Gasteiger partial charge in [-0.05, 0) is 29.2 Å². The summed E-state index contributed by atoms with van der Waals surface area (Å²) in [4.78, 5) is 5.27. The van der Waals surface area contributed by atoms with Crippen molar-refractivity contribution in [3.8, 4) is 0 Å². The molecule has 0 saturated carbocycles. The van der Waals surface area contributed by atoms with Gasteiger partial charge in [-0.25, -0.2) is 0 Å². The highest BCUT2D eigenvalue weighted by Crippen LogP contribution is 2.42. The fourth-order valence-electron chi connectivity index (χ4n) is 5.06. The van der Waals surface area contributed by atoms with Gasteiger partial charge in [0.15, 0.2) is 4.98 Å². The number of fused-ring (bicyclic) bond motifs is 1. The van der Waals surface area contributed by atoms with Gasteiger partial charge < -0.3 is 19.7 Å². The number of para-hydroxylation sites is 1. The molecule has 0 unspecified atom stereocenters. The molecule has 3 aromatic carbocycles. The van der Waals surface area contributed by atoms with Gasteiger partial charge in [0.05, 0.1) is 12.6 Å². The number of allylic oxidation sites excluding steroid dienone is 1. The molecule has 2 heterocycles. The third kappa shape index (κ3) is 3.91. The van der Waals surface area contributed by atoms with E-state index >= 15 is 0 Å². The van der Waals surface area contributed by atoms with Crippen LogP contribution in [0.25, 0.3) is 15.9 Å². The molecule has 6 nitrogen and oxygen atoms in total. The average Bonchev–Trinajstić information content (AvgIpc) is 3.24. The summed E-state index contributed by atoms with van der Waals surface area (Å²) in [6.45, 7) is 1.09. The molecular weight excluding hydrogens is 424 g/mol. The third-order valence-corrected chi connectivity index (χ3v) is 6.72. The highest BCUT2D eigenvalue weighted by Gasteiger charge is 2.42. The summed E-state index contributed by atoms with van der Waals surface area (Å²) in [7, 11) is 0. The Hall–Kier alpha value is -4.08. The van der Waals surface area contributed by atoms with E-state index in [1.165, 1.54) is 5.56 Å². The van der Waals surface area contributed by atoms with Crippen molar-refractivity contribution < 1.29 is 10.2 Å².